The Morgan fingerprint density at radius 3 is 2.34 bits per heavy atom. The van der Waals surface area contributed by atoms with Crippen molar-refractivity contribution in [3.05, 3.63) is 54.1 Å². The molecule has 0 amide bonds. The van der Waals surface area contributed by atoms with Crippen molar-refractivity contribution in [3.8, 4) is 17.2 Å². The van der Waals surface area contributed by atoms with Gasteiger partial charge in [-0.25, -0.2) is 13.2 Å². The van der Waals surface area contributed by atoms with Gasteiger partial charge in [0.1, 0.15) is 6.61 Å². The van der Waals surface area contributed by atoms with Crippen LogP contribution in [0.3, 0.4) is 0 Å². The summed E-state index contributed by atoms with van der Waals surface area (Å²) in [7, 11) is 0.483. The highest BCUT2D eigenvalue weighted by Crippen LogP contribution is 2.36. The first-order valence-corrected chi connectivity index (χ1v) is 11.7. The molecule has 0 unspecified atom stereocenters. The summed E-state index contributed by atoms with van der Waals surface area (Å²) in [5.41, 5.74) is 0.533. The third kappa shape index (κ3) is 5.39. The number of methoxy groups -OCH3 is 1. The van der Waals surface area contributed by atoms with E-state index in [0.717, 1.165) is 17.8 Å². The average molecular weight is 505 g/mol. The lowest BCUT2D eigenvalue weighted by Gasteiger charge is -2.19. The molecular formula is C23H24N2O9S. The van der Waals surface area contributed by atoms with Gasteiger partial charge in [0.2, 0.25) is 15.8 Å². The zero-order valence-corrected chi connectivity index (χ0v) is 19.9. The zero-order valence-electron chi connectivity index (χ0n) is 19.0. The standard InChI is InChI=1S/C23H24N2O9S/c1-25(2)17-8-4-7-15-14(17)6-5-9-20(15)35(31,32)24-16(22(28)29)12-34-23(30)13-10-18(26)21(27)19(11-13)33-3/h4-11,16,24,26-27H,12H2,1-3H3,(H,28,29)/t16-/m0/s1. The summed E-state index contributed by atoms with van der Waals surface area (Å²) in [6, 6.07) is 9.94. The molecule has 0 saturated heterocycles. The summed E-state index contributed by atoms with van der Waals surface area (Å²) in [6.07, 6.45) is 0. The predicted octanol–water partition coefficient (Wildman–Crippen LogP) is 1.91. The first-order valence-electron chi connectivity index (χ1n) is 10.2. The molecule has 0 aliphatic carbocycles. The number of carbonyl (C=O) groups excluding carboxylic acids is 1. The maximum Gasteiger partial charge on any atom is 0.338 e. The molecule has 12 heteroatoms. The van der Waals surface area contributed by atoms with Crippen molar-refractivity contribution in [1.82, 2.24) is 4.72 Å². The van der Waals surface area contributed by atoms with E-state index in [0.29, 0.717) is 10.8 Å². The number of aliphatic carboxylic acids is 1. The van der Waals surface area contributed by atoms with Gasteiger partial charge in [-0.15, -0.1) is 0 Å². The van der Waals surface area contributed by atoms with Crippen molar-refractivity contribution < 1.29 is 42.8 Å². The Morgan fingerprint density at radius 2 is 1.71 bits per heavy atom. The Balaban J connectivity index is 1.85. The molecule has 0 saturated carbocycles. The molecule has 3 rings (SSSR count). The van der Waals surface area contributed by atoms with Gasteiger partial charge in [0.25, 0.3) is 0 Å². The lowest BCUT2D eigenvalue weighted by molar-refractivity contribution is -0.139. The minimum absolute atomic E-state index is 0.135. The van der Waals surface area contributed by atoms with Crippen molar-refractivity contribution in [1.29, 1.82) is 0 Å². The van der Waals surface area contributed by atoms with Gasteiger partial charge >= 0.3 is 11.9 Å². The van der Waals surface area contributed by atoms with Crippen LogP contribution in [-0.2, 0) is 19.6 Å². The van der Waals surface area contributed by atoms with Crippen molar-refractivity contribution in [2.45, 2.75) is 10.9 Å². The fourth-order valence-electron chi connectivity index (χ4n) is 3.40. The number of ether oxygens (including phenoxy) is 2. The number of sulfonamides is 1. The Morgan fingerprint density at radius 1 is 1.06 bits per heavy atom. The van der Waals surface area contributed by atoms with Gasteiger partial charge < -0.3 is 29.7 Å². The molecule has 0 aliphatic rings. The van der Waals surface area contributed by atoms with Gasteiger partial charge in [-0.05, 0) is 24.3 Å². The van der Waals surface area contributed by atoms with Crippen LogP contribution in [0.5, 0.6) is 17.2 Å². The van der Waals surface area contributed by atoms with E-state index in [-0.39, 0.29) is 16.2 Å². The van der Waals surface area contributed by atoms with Crippen LogP contribution in [0.2, 0.25) is 0 Å². The third-order valence-corrected chi connectivity index (χ3v) is 6.65. The predicted molar refractivity (Wildman–Crippen MR) is 127 cm³/mol. The molecule has 3 aromatic rings. The molecule has 1 atom stereocenters. The number of hydrogen-bond donors (Lipinski definition) is 4. The molecule has 3 aromatic carbocycles. The Kier molecular flexibility index (Phi) is 7.37. The van der Waals surface area contributed by atoms with E-state index in [2.05, 4.69) is 4.72 Å². The van der Waals surface area contributed by atoms with Gasteiger partial charge in [-0.1, -0.05) is 24.3 Å². The topological polar surface area (TPSA) is 163 Å². The molecule has 0 aromatic heterocycles. The highest BCUT2D eigenvalue weighted by Gasteiger charge is 2.29. The number of phenolic OH excluding ortho intramolecular Hbond substituents is 2. The number of anilines is 1. The van der Waals surface area contributed by atoms with Gasteiger partial charge in [0, 0.05) is 30.6 Å². The molecule has 186 valence electrons. The SMILES string of the molecule is COc1cc(C(=O)OC[C@H](NS(=O)(=O)c2cccc3c(N(C)C)cccc23)C(=O)O)cc(O)c1O. The maximum absolute atomic E-state index is 13.1. The first-order chi connectivity index (χ1) is 16.5. The smallest absolute Gasteiger partial charge is 0.338 e. The van der Waals surface area contributed by atoms with Gasteiger partial charge in [0.15, 0.2) is 17.5 Å². The van der Waals surface area contributed by atoms with Crippen molar-refractivity contribution >= 4 is 38.4 Å². The minimum atomic E-state index is -4.34. The van der Waals surface area contributed by atoms with Gasteiger partial charge in [-0.2, -0.15) is 4.72 Å². The summed E-state index contributed by atoms with van der Waals surface area (Å²) in [4.78, 5) is 25.8. The molecular weight excluding hydrogens is 480 g/mol. The number of aromatic hydroxyl groups is 2. The molecule has 0 heterocycles. The van der Waals surface area contributed by atoms with Gasteiger partial charge in [0.05, 0.1) is 17.6 Å². The zero-order chi connectivity index (χ0) is 25.9. The number of fused-ring (bicyclic) bond motifs is 1. The number of esters is 1. The van der Waals surface area contributed by atoms with Crippen LogP contribution in [0.15, 0.2) is 53.4 Å². The quantitative estimate of drug-likeness (QED) is 0.250. The van der Waals surface area contributed by atoms with Crippen LogP contribution in [0.25, 0.3) is 10.8 Å². The van der Waals surface area contributed by atoms with E-state index in [9.17, 15) is 33.3 Å². The average Bonchev–Trinajstić information content (AvgIpc) is 2.81. The summed E-state index contributed by atoms with van der Waals surface area (Å²) in [5.74, 6) is -4.08. The van der Waals surface area contributed by atoms with Crippen LogP contribution in [-0.4, -0.2) is 69.5 Å². The van der Waals surface area contributed by atoms with Crippen LogP contribution in [0.1, 0.15) is 10.4 Å². The minimum Gasteiger partial charge on any atom is -0.504 e. The number of nitrogens with zero attached hydrogens (tertiary/aromatic N) is 1. The highest BCUT2D eigenvalue weighted by molar-refractivity contribution is 7.89. The first kappa shape index (κ1) is 25.6. The largest absolute Gasteiger partial charge is 0.504 e. The summed E-state index contributed by atoms with van der Waals surface area (Å²) in [5, 5.41) is 30.0. The molecule has 35 heavy (non-hydrogen) atoms. The van der Waals surface area contributed by atoms with E-state index in [1.807, 2.05) is 25.1 Å². The Hall–Kier alpha value is -4.03. The molecule has 0 spiro atoms. The number of phenols is 2. The van der Waals surface area contributed by atoms with Crippen LogP contribution >= 0.6 is 0 Å². The number of benzene rings is 3. The van der Waals surface area contributed by atoms with Crippen molar-refractivity contribution in [3.63, 3.8) is 0 Å². The Labute approximate surface area is 201 Å². The summed E-state index contributed by atoms with van der Waals surface area (Å²) in [6.45, 7) is -0.842. The second-order valence-corrected chi connectivity index (χ2v) is 9.36. The second kappa shape index (κ2) is 10.1. The Bertz CT molecular complexity index is 1390. The lowest BCUT2D eigenvalue weighted by Crippen LogP contribution is -2.44. The molecule has 0 aliphatic heterocycles. The fourth-order valence-corrected chi connectivity index (χ4v) is 4.80. The van der Waals surface area contributed by atoms with Crippen LogP contribution in [0, 0.1) is 0 Å². The molecule has 11 nitrogen and oxygen atoms in total. The van der Waals surface area contributed by atoms with E-state index < -0.39 is 46.1 Å². The van der Waals surface area contributed by atoms with E-state index in [4.69, 9.17) is 9.47 Å². The normalized spacial score (nSPS) is 12.2. The van der Waals surface area contributed by atoms with E-state index in [1.165, 1.54) is 13.2 Å². The van der Waals surface area contributed by atoms with E-state index in [1.54, 1.807) is 24.3 Å². The van der Waals surface area contributed by atoms with Gasteiger partial charge in [-0.3, -0.25) is 4.79 Å². The number of hydrogen-bond acceptors (Lipinski definition) is 9. The molecule has 0 fully saturated rings. The number of carboxylic acids is 1. The number of rotatable bonds is 9. The summed E-state index contributed by atoms with van der Waals surface area (Å²) >= 11 is 0. The molecule has 0 bridgehead atoms. The molecule has 4 N–H and O–H groups in total. The van der Waals surface area contributed by atoms with Crippen molar-refractivity contribution in [2.75, 3.05) is 32.7 Å². The van der Waals surface area contributed by atoms with Crippen LogP contribution in [0.4, 0.5) is 5.69 Å². The summed E-state index contributed by atoms with van der Waals surface area (Å²) < 4.78 is 38.1. The van der Waals surface area contributed by atoms with Crippen LogP contribution < -0.4 is 14.4 Å². The fraction of sp³-hybridized carbons (Fsp3) is 0.217. The number of carboxylic acid groups (broad SMARTS) is 1. The maximum atomic E-state index is 13.1. The molecule has 0 radical (unpaired) electrons. The monoisotopic (exact) mass is 504 g/mol. The lowest BCUT2D eigenvalue weighted by atomic mass is 10.1. The van der Waals surface area contributed by atoms with Crippen molar-refractivity contribution in [2.24, 2.45) is 0 Å². The third-order valence-electron chi connectivity index (χ3n) is 5.12. The highest BCUT2D eigenvalue weighted by atomic mass is 32.2. The van der Waals surface area contributed by atoms with E-state index >= 15 is 0 Å². The number of nitrogens with one attached hydrogen (secondary N) is 1. The second-order valence-electron chi connectivity index (χ2n) is 7.68. The number of carbonyl (C=O) groups is 2.